The zero-order valence-electron chi connectivity index (χ0n) is 24.1. The molecule has 10 heteroatoms. The lowest BCUT2D eigenvalue weighted by atomic mass is 9.81. The Morgan fingerprint density at radius 1 is 0.805 bits per heavy atom. The van der Waals surface area contributed by atoms with Gasteiger partial charge in [0.25, 0.3) is 0 Å². The van der Waals surface area contributed by atoms with Gasteiger partial charge in [-0.1, -0.05) is 70.5 Å². The summed E-state index contributed by atoms with van der Waals surface area (Å²) in [6.45, 7) is 8.21. The number of amides is 1. The van der Waals surface area contributed by atoms with Gasteiger partial charge in [0, 0.05) is 35.6 Å². The Hall–Kier alpha value is -3.20. The number of ether oxygens (including phenoxy) is 1. The van der Waals surface area contributed by atoms with E-state index in [9.17, 15) is 32.3 Å². The highest BCUT2D eigenvalue weighted by atomic mass is 35.5. The third kappa shape index (κ3) is 9.42. The van der Waals surface area contributed by atoms with Crippen LogP contribution in [0.4, 0.5) is 13.2 Å². The van der Waals surface area contributed by atoms with Crippen molar-refractivity contribution in [1.29, 1.82) is 0 Å². The largest absolute Gasteiger partial charge is 0.497 e. The predicted molar refractivity (Wildman–Crippen MR) is 151 cm³/mol. The molecule has 0 fully saturated rings. The van der Waals surface area contributed by atoms with Gasteiger partial charge in [0.05, 0.1) is 7.11 Å². The summed E-state index contributed by atoms with van der Waals surface area (Å²) in [5, 5.41) is 3.15. The lowest BCUT2D eigenvalue weighted by Gasteiger charge is -2.26. The molecule has 1 amide bonds. The Morgan fingerprint density at radius 3 is 1.80 bits per heavy atom. The van der Waals surface area contributed by atoms with Gasteiger partial charge < -0.3 is 10.1 Å². The molecule has 0 aromatic heterocycles. The first-order chi connectivity index (χ1) is 19.1. The molecule has 0 unspecified atom stereocenters. The van der Waals surface area contributed by atoms with Crippen LogP contribution >= 0.6 is 11.6 Å². The van der Waals surface area contributed by atoms with Crippen molar-refractivity contribution in [2.45, 2.75) is 65.6 Å². The van der Waals surface area contributed by atoms with Crippen LogP contribution in [0.2, 0.25) is 5.02 Å². The maximum Gasteiger partial charge on any atom is 0.450 e. The maximum atomic E-state index is 13.4. The molecule has 1 N–H and O–H groups in total. The van der Waals surface area contributed by atoms with Crippen LogP contribution in [0, 0.1) is 23.7 Å². The lowest BCUT2D eigenvalue weighted by molar-refractivity contribution is -0.177. The molecule has 0 aliphatic heterocycles. The second kappa shape index (κ2) is 14.6. The molecule has 0 radical (unpaired) electrons. The van der Waals surface area contributed by atoms with E-state index in [0.717, 1.165) is 5.56 Å². The van der Waals surface area contributed by atoms with Crippen molar-refractivity contribution in [3.8, 4) is 5.75 Å². The monoisotopic (exact) mass is 595 g/mol. The third-order valence-corrected chi connectivity index (χ3v) is 7.35. The van der Waals surface area contributed by atoms with Crippen molar-refractivity contribution in [2.75, 3.05) is 7.11 Å². The zero-order valence-corrected chi connectivity index (χ0v) is 24.8. The topological polar surface area (TPSA) is 89.5 Å². The minimum Gasteiger partial charge on any atom is -0.497 e. The molecule has 0 saturated carbocycles. The third-order valence-electron chi connectivity index (χ3n) is 7.10. The van der Waals surface area contributed by atoms with E-state index in [4.69, 9.17) is 16.3 Å². The molecular weight excluding hydrogens is 559 g/mol. The van der Waals surface area contributed by atoms with E-state index in [-0.39, 0.29) is 18.1 Å². The highest BCUT2D eigenvalue weighted by Gasteiger charge is 2.45. The minimum atomic E-state index is -5.10. The van der Waals surface area contributed by atoms with Gasteiger partial charge in [-0.2, -0.15) is 13.2 Å². The quantitative estimate of drug-likeness (QED) is 0.256. The van der Waals surface area contributed by atoms with Crippen LogP contribution in [-0.4, -0.2) is 36.5 Å². The summed E-state index contributed by atoms with van der Waals surface area (Å²) in [6, 6.07) is 11.7. The van der Waals surface area contributed by atoms with E-state index in [2.05, 4.69) is 5.32 Å². The number of rotatable bonds is 14. The number of carbonyl (C=O) groups excluding carboxylic acids is 4. The van der Waals surface area contributed by atoms with Crippen LogP contribution in [0.15, 0.2) is 48.5 Å². The first-order valence-electron chi connectivity index (χ1n) is 13.4. The molecule has 2 aromatic carbocycles. The van der Waals surface area contributed by atoms with E-state index in [1.165, 1.54) is 33.1 Å². The fourth-order valence-electron chi connectivity index (χ4n) is 4.74. The van der Waals surface area contributed by atoms with Crippen LogP contribution in [0.25, 0.3) is 0 Å². The molecule has 224 valence electrons. The summed E-state index contributed by atoms with van der Waals surface area (Å²) in [5.41, 5.74) is 1.08. The van der Waals surface area contributed by atoms with Crippen LogP contribution in [0.3, 0.4) is 0 Å². The molecule has 4 atom stereocenters. The first kappa shape index (κ1) is 34.0. The average Bonchev–Trinajstić information content (AvgIpc) is 2.90. The van der Waals surface area contributed by atoms with Gasteiger partial charge >= 0.3 is 6.18 Å². The number of carbonyl (C=O) groups is 4. The van der Waals surface area contributed by atoms with Crippen molar-refractivity contribution in [1.82, 2.24) is 5.32 Å². The molecule has 0 heterocycles. The predicted octanol–water partition coefficient (Wildman–Crippen LogP) is 6.90. The molecule has 0 saturated heterocycles. The first-order valence-corrected chi connectivity index (χ1v) is 13.8. The number of methoxy groups -OCH3 is 1. The number of Topliss-reactive ketones (excluding diaryl/α,β-unsaturated/α-hetero) is 3. The van der Waals surface area contributed by atoms with Crippen LogP contribution in [0.1, 0.15) is 70.5 Å². The Labute approximate surface area is 244 Å². The average molecular weight is 596 g/mol. The lowest BCUT2D eigenvalue weighted by Crippen LogP contribution is -2.41. The molecule has 0 bridgehead atoms. The summed E-state index contributed by atoms with van der Waals surface area (Å²) in [7, 11) is 1.45. The number of ketones is 3. The Balaban J connectivity index is 2.30. The number of nitrogens with one attached hydrogen (secondary N) is 1. The van der Waals surface area contributed by atoms with Gasteiger partial charge in [0.15, 0.2) is 5.78 Å². The molecule has 2 aromatic rings. The summed E-state index contributed by atoms with van der Waals surface area (Å²) in [4.78, 5) is 52.0. The standard InChI is InChI=1S/C31H37ClF3NO5/c1-17(2)24(29(39)31(33,34)35)16-26(38)28(21-9-13-23(41-6)14-10-21)36-30(40)19(5)15-25(37)27(18(3)4)20-7-11-22(32)12-8-20/h7-14,17-19,24,27-28H,15-16H2,1-6H3,(H,36,40)/t19-,24+,27+,28+/m1/s1. The van der Waals surface area contributed by atoms with Crippen molar-refractivity contribution in [3.05, 3.63) is 64.7 Å². The minimum absolute atomic E-state index is 0.0632. The Morgan fingerprint density at radius 2 is 1.34 bits per heavy atom. The fourth-order valence-corrected chi connectivity index (χ4v) is 4.87. The number of hydrogen-bond donors (Lipinski definition) is 1. The van der Waals surface area contributed by atoms with Gasteiger partial charge in [0.2, 0.25) is 11.7 Å². The van der Waals surface area contributed by atoms with Crippen LogP contribution in [-0.2, 0) is 19.2 Å². The van der Waals surface area contributed by atoms with Crippen LogP contribution in [0.5, 0.6) is 5.75 Å². The summed E-state index contributed by atoms with van der Waals surface area (Å²) < 4.78 is 44.8. The summed E-state index contributed by atoms with van der Waals surface area (Å²) in [5.74, 6) is -6.82. The molecular formula is C31H37ClF3NO5. The number of alkyl halides is 3. The molecule has 6 nitrogen and oxygen atoms in total. The molecule has 0 aliphatic carbocycles. The van der Waals surface area contributed by atoms with Gasteiger partial charge in [-0.25, -0.2) is 0 Å². The Bertz CT molecular complexity index is 1210. The number of halogens is 4. The highest BCUT2D eigenvalue weighted by molar-refractivity contribution is 6.30. The maximum absolute atomic E-state index is 13.4. The van der Waals surface area contributed by atoms with Gasteiger partial charge in [-0.15, -0.1) is 0 Å². The van der Waals surface area contributed by atoms with Crippen molar-refractivity contribution >= 4 is 34.9 Å². The fraction of sp³-hybridized carbons (Fsp3) is 0.484. The van der Waals surface area contributed by atoms with Crippen molar-refractivity contribution in [2.24, 2.45) is 23.7 Å². The zero-order chi connectivity index (χ0) is 31.1. The van der Waals surface area contributed by atoms with Crippen molar-refractivity contribution < 1.29 is 37.1 Å². The molecule has 41 heavy (non-hydrogen) atoms. The van der Waals surface area contributed by atoms with E-state index in [0.29, 0.717) is 16.3 Å². The summed E-state index contributed by atoms with van der Waals surface area (Å²) in [6.07, 6.45) is -5.94. The Kier molecular flexibility index (Phi) is 12.1. The SMILES string of the molecule is COc1ccc([C@H](NC(=O)[C@H](C)CC(=O)[C@H](c2ccc(Cl)cc2)C(C)C)C(=O)C[C@H](C(=O)C(F)(F)F)C(C)C)cc1. The molecule has 0 spiro atoms. The van der Waals surface area contributed by atoms with Crippen molar-refractivity contribution in [3.63, 3.8) is 0 Å². The van der Waals surface area contributed by atoms with Gasteiger partial charge in [0.1, 0.15) is 17.6 Å². The normalized spacial score (nSPS) is 14.7. The van der Waals surface area contributed by atoms with Gasteiger partial charge in [-0.05, 0) is 47.2 Å². The highest BCUT2D eigenvalue weighted by Crippen LogP contribution is 2.32. The van der Waals surface area contributed by atoms with E-state index in [1.807, 2.05) is 13.8 Å². The van der Waals surface area contributed by atoms with E-state index < -0.39 is 59.8 Å². The number of hydrogen-bond acceptors (Lipinski definition) is 5. The summed E-state index contributed by atoms with van der Waals surface area (Å²) >= 11 is 5.98. The van der Waals surface area contributed by atoms with E-state index >= 15 is 0 Å². The molecule has 0 aliphatic rings. The second-order valence-corrected chi connectivity index (χ2v) is 11.4. The molecule has 2 rings (SSSR count). The second-order valence-electron chi connectivity index (χ2n) is 10.9. The van der Waals surface area contributed by atoms with Crippen LogP contribution < -0.4 is 10.1 Å². The smallest absolute Gasteiger partial charge is 0.450 e. The number of benzene rings is 2. The van der Waals surface area contributed by atoms with Gasteiger partial charge in [-0.3, -0.25) is 19.2 Å². The van der Waals surface area contributed by atoms with E-state index in [1.54, 1.807) is 43.3 Å².